The Balaban J connectivity index is 1.75. The second-order valence-corrected chi connectivity index (χ2v) is 5.77. The zero-order valence-electron chi connectivity index (χ0n) is 11.0. The van der Waals surface area contributed by atoms with E-state index in [4.69, 9.17) is 4.74 Å². The van der Waals surface area contributed by atoms with Crippen molar-refractivity contribution in [1.29, 1.82) is 0 Å². The predicted octanol–water partition coefficient (Wildman–Crippen LogP) is 4.38. The minimum absolute atomic E-state index is 0.516. The molecule has 1 aromatic carbocycles. The maximum Gasteiger partial charge on any atom is 0.0576 e. The van der Waals surface area contributed by atoms with Gasteiger partial charge in [0.25, 0.3) is 0 Å². The van der Waals surface area contributed by atoms with Gasteiger partial charge in [0.15, 0.2) is 0 Å². The summed E-state index contributed by atoms with van der Waals surface area (Å²) in [6.45, 7) is 4.19. The van der Waals surface area contributed by atoms with Gasteiger partial charge in [-0.25, -0.2) is 0 Å². The van der Waals surface area contributed by atoms with E-state index in [2.05, 4.69) is 46.4 Å². The van der Waals surface area contributed by atoms with E-state index in [1.165, 1.54) is 36.9 Å². The first kappa shape index (κ1) is 13.9. The molecule has 1 aliphatic heterocycles. The molecule has 1 aliphatic rings. The van der Waals surface area contributed by atoms with Crippen LogP contribution in [0.3, 0.4) is 0 Å². The number of hydrogen-bond donors (Lipinski definition) is 1. The molecule has 3 heteroatoms. The van der Waals surface area contributed by atoms with Crippen LogP contribution >= 0.6 is 15.9 Å². The molecule has 1 unspecified atom stereocenters. The highest BCUT2D eigenvalue weighted by Gasteiger charge is 2.14. The van der Waals surface area contributed by atoms with Gasteiger partial charge in [0.2, 0.25) is 0 Å². The highest BCUT2D eigenvalue weighted by Crippen LogP contribution is 2.22. The van der Waals surface area contributed by atoms with Crippen molar-refractivity contribution in [2.75, 3.05) is 18.5 Å². The summed E-state index contributed by atoms with van der Waals surface area (Å²) < 4.78 is 6.79. The molecule has 0 aromatic heterocycles. The Morgan fingerprint density at radius 2 is 2.33 bits per heavy atom. The Labute approximate surface area is 118 Å². The van der Waals surface area contributed by atoms with Crippen molar-refractivity contribution in [2.24, 2.45) is 0 Å². The zero-order chi connectivity index (χ0) is 12.8. The molecule has 1 aromatic rings. The lowest BCUT2D eigenvalue weighted by Gasteiger charge is -2.13. The lowest BCUT2D eigenvalue weighted by Crippen LogP contribution is -2.09. The second kappa shape index (κ2) is 7.15. The molecule has 2 nitrogen and oxygen atoms in total. The molecule has 1 heterocycles. The lowest BCUT2D eigenvalue weighted by molar-refractivity contribution is 0.103. The highest BCUT2D eigenvalue weighted by atomic mass is 79.9. The minimum Gasteiger partial charge on any atom is -0.385 e. The van der Waals surface area contributed by atoms with Crippen molar-refractivity contribution in [3.8, 4) is 0 Å². The summed E-state index contributed by atoms with van der Waals surface area (Å²) in [4.78, 5) is 0. The van der Waals surface area contributed by atoms with Crippen molar-refractivity contribution in [3.63, 3.8) is 0 Å². The second-order valence-electron chi connectivity index (χ2n) is 4.86. The average molecular weight is 312 g/mol. The Morgan fingerprint density at radius 1 is 1.44 bits per heavy atom. The van der Waals surface area contributed by atoms with Crippen molar-refractivity contribution in [1.82, 2.24) is 0 Å². The molecule has 1 atom stereocenters. The summed E-state index contributed by atoms with van der Waals surface area (Å²) in [5, 5.41) is 3.54. The Bertz CT molecular complexity index is 375. The molecule has 2 rings (SSSR count). The number of rotatable bonds is 6. The SMILES string of the molecule is CCc1cc(Br)ccc1NCCCC1CCCO1. The molecular weight excluding hydrogens is 290 g/mol. The molecule has 0 saturated carbocycles. The van der Waals surface area contributed by atoms with E-state index in [0.29, 0.717) is 6.10 Å². The maximum atomic E-state index is 5.63. The fourth-order valence-corrected chi connectivity index (χ4v) is 2.86. The van der Waals surface area contributed by atoms with Crippen molar-refractivity contribution >= 4 is 21.6 Å². The summed E-state index contributed by atoms with van der Waals surface area (Å²) in [5.74, 6) is 0. The molecule has 1 N–H and O–H groups in total. The van der Waals surface area contributed by atoms with Crippen LogP contribution in [0.25, 0.3) is 0 Å². The lowest BCUT2D eigenvalue weighted by atomic mass is 10.1. The van der Waals surface area contributed by atoms with Crippen molar-refractivity contribution in [3.05, 3.63) is 28.2 Å². The molecule has 0 spiro atoms. The largest absolute Gasteiger partial charge is 0.385 e. The Hall–Kier alpha value is -0.540. The van der Waals surface area contributed by atoms with Gasteiger partial charge in [-0.2, -0.15) is 0 Å². The minimum atomic E-state index is 0.516. The summed E-state index contributed by atoms with van der Waals surface area (Å²) in [6.07, 6.45) is 6.44. The smallest absolute Gasteiger partial charge is 0.0576 e. The van der Waals surface area contributed by atoms with Crippen LogP contribution in [0.1, 0.15) is 38.2 Å². The van der Waals surface area contributed by atoms with Gasteiger partial charge in [0.05, 0.1) is 6.10 Å². The third kappa shape index (κ3) is 3.99. The van der Waals surface area contributed by atoms with E-state index in [-0.39, 0.29) is 0 Å². The fraction of sp³-hybridized carbons (Fsp3) is 0.600. The zero-order valence-corrected chi connectivity index (χ0v) is 12.6. The van der Waals surface area contributed by atoms with Crippen LogP contribution in [0.2, 0.25) is 0 Å². The van der Waals surface area contributed by atoms with Gasteiger partial charge in [-0.15, -0.1) is 0 Å². The molecule has 0 bridgehead atoms. The molecule has 1 fully saturated rings. The molecule has 18 heavy (non-hydrogen) atoms. The molecular formula is C15H22BrNO. The van der Waals surface area contributed by atoms with Gasteiger partial charge in [-0.3, -0.25) is 0 Å². The van der Waals surface area contributed by atoms with Gasteiger partial charge < -0.3 is 10.1 Å². The average Bonchev–Trinajstić information content (AvgIpc) is 2.89. The van der Waals surface area contributed by atoms with Crippen LogP contribution < -0.4 is 5.32 Å². The van der Waals surface area contributed by atoms with E-state index in [1.807, 2.05) is 0 Å². The summed E-state index contributed by atoms with van der Waals surface area (Å²) >= 11 is 3.52. The quantitative estimate of drug-likeness (QED) is 0.787. The number of halogens is 1. The molecule has 1 saturated heterocycles. The van der Waals surface area contributed by atoms with Gasteiger partial charge in [-0.05, 0) is 55.9 Å². The van der Waals surface area contributed by atoms with Crippen molar-refractivity contribution in [2.45, 2.75) is 45.1 Å². The van der Waals surface area contributed by atoms with Crippen LogP contribution in [0.5, 0.6) is 0 Å². The number of anilines is 1. The Morgan fingerprint density at radius 3 is 3.06 bits per heavy atom. The van der Waals surface area contributed by atoms with Gasteiger partial charge in [-0.1, -0.05) is 22.9 Å². The molecule has 0 amide bonds. The van der Waals surface area contributed by atoms with Crippen LogP contribution in [-0.4, -0.2) is 19.3 Å². The first-order valence-corrected chi connectivity index (χ1v) is 7.73. The van der Waals surface area contributed by atoms with Crippen LogP contribution in [0, 0.1) is 0 Å². The van der Waals surface area contributed by atoms with Gasteiger partial charge in [0.1, 0.15) is 0 Å². The topological polar surface area (TPSA) is 21.3 Å². The van der Waals surface area contributed by atoms with Crippen LogP contribution in [-0.2, 0) is 11.2 Å². The van der Waals surface area contributed by atoms with Crippen LogP contribution in [0.4, 0.5) is 5.69 Å². The molecule has 100 valence electrons. The predicted molar refractivity (Wildman–Crippen MR) is 80.2 cm³/mol. The number of benzene rings is 1. The normalized spacial score (nSPS) is 19.1. The third-order valence-corrected chi connectivity index (χ3v) is 3.98. The first-order chi connectivity index (χ1) is 8.79. The standard InChI is InChI=1S/C15H22BrNO/c1-2-12-11-13(16)7-8-15(12)17-9-3-5-14-6-4-10-18-14/h7-8,11,14,17H,2-6,9-10H2,1H3. The maximum absolute atomic E-state index is 5.63. The van der Waals surface area contributed by atoms with E-state index in [0.717, 1.165) is 24.0 Å². The summed E-state index contributed by atoms with van der Waals surface area (Å²) in [5.41, 5.74) is 2.65. The summed E-state index contributed by atoms with van der Waals surface area (Å²) in [6, 6.07) is 6.46. The number of nitrogens with one attached hydrogen (secondary N) is 1. The number of ether oxygens (including phenoxy) is 1. The van der Waals surface area contributed by atoms with E-state index < -0.39 is 0 Å². The third-order valence-electron chi connectivity index (χ3n) is 3.49. The molecule has 0 aliphatic carbocycles. The van der Waals surface area contributed by atoms with Crippen molar-refractivity contribution < 1.29 is 4.74 Å². The first-order valence-electron chi connectivity index (χ1n) is 6.93. The number of hydrogen-bond acceptors (Lipinski definition) is 2. The summed E-state index contributed by atoms with van der Waals surface area (Å²) in [7, 11) is 0. The van der Waals surface area contributed by atoms with Gasteiger partial charge >= 0.3 is 0 Å². The molecule has 0 radical (unpaired) electrons. The highest BCUT2D eigenvalue weighted by molar-refractivity contribution is 9.10. The van der Waals surface area contributed by atoms with E-state index in [9.17, 15) is 0 Å². The Kier molecular flexibility index (Phi) is 5.51. The number of aryl methyl sites for hydroxylation is 1. The van der Waals surface area contributed by atoms with Crippen LogP contribution in [0.15, 0.2) is 22.7 Å². The van der Waals surface area contributed by atoms with E-state index in [1.54, 1.807) is 0 Å². The van der Waals surface area contributed by atoms with E-state index >= 15 is 0 Å². The monoisotopic (exact) mass is 311 g/mol. The van der Waals surface area contributed by atoms with Gasteiger partial charge in [0, 0.05) is 23.3 Å². The fourth-order valence-electron chi connectivity index (χ4n) is 2.45.